The Hall–Kier alpha value is -2.44. The van der Waals surface area contributed by atoms with E-state index in [0.717, 1.165) is 11.3 Å². The number of nitrogens with two attached hydrogens (primary N) is 1. The highest BCUT2D eigenvalue weighted by molar-refractivity contribution is 7.09. The van der Waals surface area contributed by atoms with E-state index in [1.54, 1.807) is 17.4 Å². The molecular weight excluding hydrogens is 418 g/mol. The number of hydrogen-bond donors (Lipinski definition) is 2. The minimum absolute atomic E-state index is 0.0190. The zero-order chi connectivity index (χ0) is 22.3. The Morgan fingerprint density at radius 1 is 1.09 bits per heavy atom. The average molecular weight is 452 g/mol. The smallest absolute Gasteiger partial charge is 0.246 e. The number of benzene rings is 1. The third-order valence-electron chi connectivity index (χ3n) is 6.68. The van der Waals surface area contributed by atoms with E-state index in [4.69, 9.17) is 5.73 Å². The number of nitrogens with one attached hydrogen (secondary N) is 1. The van der Waals surface area contributed by atoms with Crippen molar-refractivity contribution in [3.8, 4) is 0 Å². The van der Waals surface area contributed by atoms with Gasteiger partial charge in [0, 0.05) is 36.5 Å². The third kappa shape index (κ3) is 6.08. The zero-order valence-electron chi connectivity index (χ0n) is 18.5. The fraction of sp³-hybridized carbons (Fsp3) is 0.462. The number of fused-ring (bicyclic) bond motifs is 1. The SMILES string of the molecule is NC(=O)[C@H](Cc1cccs1)NC(C=CC(=O)N1Cc2ccccc2C1)CC1CCCCC1. The summed E-state index contributed by atoms with van der Waals surface area (Å²) in [5, 5.41) is 5.49. The second-order valence-electron chi connectivity index (χ2n) is 9.07. The van der Waals surface area contributed by atoms with Crippen LogP contribution in [0.1, 0.15) is 54.5 Å². The van der Waals surface area contributed by atoms with Gasteiger partial charge in [-0.1, -0.05) is 68.5 Å². The number of rotatable bonds is 9. The van der Waals surface area contributed by atoms with Gasteiger partial charge in [-0.25, -0.2) is 0 Å². The van der Waals surface area contributed by atoms with E-state index in [9.17, 15) is 9.59 Å². The molecule has 2 aromatic rings. The molecule has 1 aliphatic heterocycles. The minimum atomic E-state index is -0.446. The van der Waals surface area contributed by atoms with E-state index in [1.807, 2.05) is 40.6 Å². The molecule has 1 saturated carbocycles. The molecule has 2 amide bonds. The van der Waals surface area contributed by atoms with Gasteiger partial charge in [0.25, 0.3) is 0 Å². The van der Waals surface area contributed by atoms with Gasteiger partial charge in [0.15, 0.2) is 0 Å². The predicted molar refractivity (Wildman–Crippen MR) is 129 cm³/mol. The van der Waals surface area contributed by atoms with Crippen LogP contribution in [-0.2, 0) is 29.1 Å². The Bertz CT molecular complexity index is 909. The van der Waals surface area contributed by atoms with Gasteiger partial charge in [-0.2, -0.15) is 0 Å². The maximum Gasteiger partial charge on any atom is 0.246 e. The molecule has 1 aromatic heterocycles. The van der Waals surface area contributed by atoms with Crippen LogP contribution >= 0.6 is 11.3 Å². The molecule has 1 unspecified atom stereocenters. The van der Waals surface area contributed by atoms with Crippen LogP contribution in [0.2, 0.25) is 0 Å². The van der Waals surface area contributed by atoms with Crippen molar-refractivity contribution in [2.75, 3.05) is 0 Å². The van der Waals surface area contributed by atoms with E-state index < -0.39 is 6.04 Å². The van der Waals surface area contributed by atoms with Crippen molar-refractivity contribution in [1.82, 2.24) is 10.2 Å². The largest absolute Gasteiger partial charge is 0.368 e. The summed E-state index contributed by atoms with van der Waals surface area (Å²) < 4.78 is 0. The van der Waals surface area contributed by atoms with E-state index in [1.165, 1.54) is 43.2 Å². The van der Waals surface area contributed by atoms with Crippen molar-refractivity contribution in [3.05, 3.63) is 69.9 Å². The Balaban J connectivity index is 1.43. The summed E-state index contributed by atoms with van der Waals surface area (Å²) in [5.74, 6) is 0.291. The summed E-state index contributed by atoms with van der Waals surface area (Å²) in [7, 11) is 0. The first-order valence-corrected chi connectivity index (χ1v) is 12.6. The van der Waals surface area contributed by atoms with Crippen LogP contribution in [0.5, 0.6) is 0 Å². The molecular formula is C26H33N3O2S. The lowest BCUT2D eigenvalue weighted by molar-refractivity contribution is -0.126. The second-order valence-corrected chi connectivity index (χ2v) is 10.1. The van der Waals surface area contributed by atoms with Crippen molar-refractivity contribution in [3.63, 3.8) is 0 Å². The molecule has 6 heteroatoms. The molecule has 2 atom stereocenters. The first-order valence-electron chi connectivity index (χ1n) is 11.7. The molecule has 1 fully saturated rings. The number of hydrogen-bond acceptors (Lipinski definition) is 4. The number of amides is 2. The van der Waals surface area contributed by atoms with Gasteiger partial charge in [-0.3, -0.25) is 14.9 Å². The van der Waals surface area contributed by atoms with Crippen molar-refractivity contribution < 1.29 is 9.59 Å². The fourth-order valence-electron chi connectivity index (χ4n) is 4.91. The van der Waals surface area contributed by atoms with E-state index in [-0.39, 0.29) is 17.9 Å². The summed E-state index contributed by atoms with van der Waals surface area (Å²) in [6.07, 6.45) is 11.4. The van der Waals surface area contributed by atoms with E-state index in [0.29, 0.717) is 25.4 Å². The summed E-state index contributed by atoms with van der Waals surface area (Å²) in [5.41, 5.74) is 8.18. The molecule has 1 aromatic carbocycles. The molecule has 0 saturated heterocycles. The van der Waals surface area contributed by atoms with Crippen molar-refractivity contribution in [2.45, 2.75) is 70.1 Å². The van der Waals surface area contributed by atoms with Gasteiger partial charge in [0.05, 0.1) is 6.04 Å². The van der Waals surface area contributed by atoms with Gasteiger partial charge >= 0.3 is 0 Å². The zero-order valence-corrected chi connectivity index (χ0v) is 19.4. The minimum Gasteiger partial charge on any atom is -0.368 e. The first kappa shape index (κ1) is 22.7. The average Bonchev–Trinajstić information content (AvgIpc) is 3.47. The topological polar surface area (TPSA) is 75.4 Å². The fourth-order valence-corrected chi connectivity index (χ4v) is 5.66. The molecule has 170 valence electrons. The molecule has 0 spiro atoms. The molecule has 3 N–H and O–H groups in total. The van der Waals surface area contributed by atoms with Crippen LogP contribution in [0.15, 0.2) is 53.9 Å². The third-order valence-corrected chi connectivity index (χ3v) is 7.58. The number of primary amides is 1. The normalized spacial score (nSPS) is 18.6. The number of carbonyl (C=O) groups is 2. The van der Waals surface area contributed by atoms with Crippen LogP contribution in [0.3, 0.4) is 0 Å². The van der Waals surface area contributed by atoms with Crippen LogP contribution in [0.25, 0.3) is 0 Å². The Morgan fingerprint density at radius 2 is 1.81 bits per heavy atom. The quantitative estimate of drug-likeness (QED) is 0.562. The molecule has 0 radical (unpaired) electrons. The summed E-state index contributed by atoms with van der Waals surface area (Å²) in [6.45, 7) is 1.31. The summed E-state index contributed by atoms with van der Waals surface area (Å²) in [4.78, 5) is 28.1. The van der Waals surface area contributed by atoms with Gasteiger partial charge in [-0.05, 0) is 34.9 Å². The van der Waals surface area contributed by atoms with Gasteiger partial charge in [0.2, 0.25) is 11.8 Å². The van der Waals surface area contributed by atoms with E-state index >= 15 is 0 Å². The standard InChI is InChI=1S/C26H33N3O2S/c27-26(31)24(16-23-11-6-14-32-23)28-22(15-19-7-2-1-3-8-19)12-13-25(30)29-17-20-9-4-5-10-21(20)18-29/h4-6,9-14,19,22,24,28H,1-3,7-8,15-18H2,(H2,27,31)/t22?,24-/m0/s1. The molecule has 1 aliphatic carbocycles. The highest BCUT2D eigenvalue weighted by Crippen LogP contribution is 2.28. The molecule has 4 rings (SSSR count). The molecule has 5 nitrogen and oxygen atoms in total. The number of carbonyl (C=O) groups excluding carboxylic acids is 2. The maximum absolute atomic E-state index is 12.9. The highest BCUT2D eigenvalue weighted by atomic mass is 32.1. The Labute approximate surface area is 194 Å². The lowest BCUT2D eigenvalue weighted by atomic mass is 9.84. The monoisotopic (exact) mass is 451 g/mol. The first-order chi connectivity index (χ1) is 15.6. The van der Waals surface area contributed by atoms with Crippen LogP contribution in [0.4, 0.5) is 0 Å². The second kappa shape index (κ2) is 10.9. The molecule has 2 heterocycles. The maximum atomic E-state index is 12.9. The number of thiophene rings is 1. The predicted octanol–water partition coefficient (Wildman–Crippen LogP) is 4.17. The van der Waals surface area contributed by atoms with Crippen LogP contribution in [-0.4, -0.2) is 28.8 Å². The lowest BCUT2D eigenvalue weighted by Gasteiger charge is -2.28. The van der Waals surface area contributed by atoms with Gasteiger partial charge in [-0.15, -0.1) is 11.3 Å². The summed E-state index contributed by atoms with van der Waals surface area (Å²) in [6, 6.07) is 11.7. The van der Waals surface area contributed by atoms with Gasteiger partial charge in [0.1, 0.15) is 0 Å². The molecule has 2 aliphatic rings. The number of nitrogens with zero attached hydrogens (tertiary/aromatic N) is 1. The Kier molecular flexibility index (Phi) is 7.76. The Morgan fingerprint density at radius 3 is 2.44 bits per heavy atom. The van der Waals surface area contributed by atoms with E-state index in [2.05, 4.69) is 17.4 Å². The van der Waals surface area contributed by atoms with Crippen LogP contribution in [0, 0.1) is 5.92 Å². The summed E-state index contributed by atoms with van der Waals surface area (Å²) >= 11 is 1.63. The molecule has 0 bridgehead atoms. The van der Waals surface area contributed by atoms with Gasteiger partial charge < -0.3 is 10.6 Å². The highest BCUT2D eigenvalue weighted by Gasteiger charge is 2.25. The van der Waals surface area contributed by atoms with Crippen molar-refractivity contribution in [2.24, 2.45) is 11.7 Å². The lowest BCUT2D eigenvalue weighted by Crippen LogP contribution is -2.47. The van der Waals surface area contributed by atoms with Crippen molar-refractivity contribution in [1.29, 1.82) is 0 Å². The van der Waals surface area contributed by atoms with Crippen molar-refractivity contribution >= 4 is 23.2 Å². The molecule has 32 heavy (non-hydrogen) atoms. The van der Waals surface area contributed by atoms with Crippen LogP contribution < -0.4 is 11.1 Å².